The second-order valence-electron chi connectivity index (χ2n) is 5.71. The fourth-order valence-electron chi connectivity index (χ4n) is 2.20. The van der Waals surface area contributed by atoms with E-state index in [1.165, 1.54) is 0 Å². The van der Waals surface area contributed by atoms with Gasteiger partial charge in [-0.25, -0.2) is 4.79 Å². The average molecular weight is 372 g/mol. The predicted octanol–water partition coefficient (Wildman–Crippen LogP) is 2.45. The summed E-state index contributed by atoms with van der Waals surface area (Å²) in [6.45, 7) is 1.23. The maximum Gasteiger partial charge on any atom is 0.337 e. The molecule has 0 heterocycles. The van der Waals surface area contributed by atoms with Crippen LogP contribution in [0.2, 0.25) is 0 Å². The van der Waals surface area contributed by atoms with Gasteiger partial charge in [0.2, 0.25) is 0 Å². The second-order valence-corrected chi connectivity index (χ2v) is 5.71. The Kier molecular flexibility index (Phi) is 9.81. The number of para-hydroxylation sites is 1. The van der Waals surface area contributed by atoms with Gasteiger partial charge in [0.1, 0.15) is 19.0 Å². The van der Waals surface area contributed by atoms with Crippen molar-refractivity contribution < 1.29 is 28.5 Å². The van der Waals surface area contributed by atoms with Crippen LogP contribution >= 0.6 is 0 Å². The first-order valence-corrected chi connectivity index (χ1v) is 8.78. The van der Waals surface area contributed by atoms with E-state index in [0.29, 0.717) is 32.0 Å². The standard InChI is InChI=1S/C21H24O6/c22-19(15-18-7-3-1-4-8-18)16-25-13-11-24-12-14-26-17-21(23)27-20-9-5-2-6-10-20/h1-10H,11-17H2. The van der Waals surface area contributed by atoms with Crippen molar-refractivity contribution in [1.82, 2.24) is 0 Å². The minimum Gasteiger partial charge on any atom is -0.425 e. The van der Waals surface area contributed by atoms with Gasteiger partial charge in [-0.05, 0) is 17.7 Å². The van der Waals surface area contributed by atoms with Crippen molar-refractivity contribution in [3.8, 4) is 5.75 Å². The summed E-state index contributed by atoms with van der Waals surface area (Å²) in [5.41, 5.74) is 0.977. The van der Waals surface area contributed by atoms with E-state index in [1.807, 2.05) is 36.4 Å². The molecule has 2 aromatic carbocycles. The molecule has 0 aliphatic heterocycles. The maximum atomic E-state index is 11.8. The van der Waals surface area contributed by atoms with Crippen molar-refractivity contribution in [3.63, 3.8) is 0 Å². The highest BCUT2D eigenvalue weighted by molar-refractivity contribution is 5.82. The van der Waals surface area contributed by atoms with Gasteiger partial charge in [0, 0.05) is 6.42 Å². The molecule has 0 spiro atoms. The summed E-state index contributed by atoms with van der Waals surface area (Å²) in [5.74, 6) is 0.0595. The summed E-state index contributed by atoms with van der Waals surface area (Å²) < 4.78 is 20.9. The van der Waals surface area contributed by atoms with Crippen LogP contribution in [0, 0.1) is 0 Å². The Balaban J connectivity index is 1.40. The first-order chi connectivity index (χ1) is 13.2. The van der Waals surface area contributed by atoms with Crippen LogP contribution in [0.4, 0.5) is 0 Å². The number of carbonyl (C=O) groups excluding carboxylic acids is 2. The third-order valence-electron chi connectivity index (χ3n) is 3.45. The van der Waals surface area contributed by atoms with E-state index in [2.05, 4.69) is 0 Å². The number of benzene rings is 2. The molecule has 2 rings (SSSR count). The van der Waals surface area contributed by atoms with Crippen LogP contribution in [0.5, 0.6) is 5.75 Å². The summed E-state index contributed by atoms with van der Waals surface area (Å²) in [6, 6.07) is 18.4. The molecular weight excluding hydrogens is 348 g/mol. The van der Waals surface area contributed by atoms with Gasteiger partial charge in [0.25, 0.3) is 0 Å². The van der Waals surface area contributed by atoms with Gasteiger partial charge in [-0.2, -0.15) is 0 Å². The smallest absolute Gasteiger partial charge is 0.337 e. The van der Waals surface area contributed by atoms with E-state index >= 15 is 0 Å². The van der Waals surface area contributed by atoms with Crippen LogP contribution in [-0.2, 0) is 30.2 Å². The van der Waals surface area contributed by atoms with Gasteiger partial charge >= 0.3 is 5.97 Å². The quantitative estimate of drug-likeness (QED) is 0.306. The first-order valence-electron chi connectivity index (χ1n) is 8.78. The molecule has 6 nitrogen and oxygen atoms in total. The lowest BCUT2D eigenvalue weighted by Crippen LogP contribution is -2.18. The fourth-order valence-corrected chi connectivity index (χ4v) is 2.20. The topological polar surface area (TPSA) is 71.1 Å². The van der Waals surface area contributed by atoms with Crippen molar-refractivity contribution in [1.29, 1.82) is 0 Å². The van der Waals surface area contributed by atoms with Crippen molar-refractivity contribution in [2.75, 3.05) is 39.6 Å². The Bertz CT molecular complexity index is 612. The maximum absolute atomic E-state index is 11.8. The van der Waals surface area contributed by atoms with E-state index in [9.17, 15) is 9.59 Å². The lowest BCUT2D eigenvalue weighted by Gasteiger charge is -2.07. The largest absolute Gasteiger partial charge is 0.425 e. The van der Waals surface area contributed by atoms with Crippen molar-refractivity contribution >= 4 is 11.8 Å². The van der Waals surface area contributed by atoms with E-state index in [0.717, 1.165) is 5.56 Å². The number of rotatable bonds is 13. The molecule has 0 unspecified atom stereocenters. The van der Waals surface area contributed by atoms with Gasteiger partial charge in [0.05, 0.1) is 26.4 Å². The fraction of sp³-hybridized carbons (Fsp3) is 0.333. The molecule has 27 heavy (non-hydrogen) atoms. The van der Waals surface area contributed by atoms with Crippen molar-refractivity contribution in [3.05, 3.63) is 66.2 Å². The summed E-state index contributed by atoms with van der Waals surface area (Å²) in [5, 5.41) is 0. The molecule has 0 aliphatic rings. The average Bonchev–Trinajstić information content (AvgIpc) is 2.68. The summed E-state index contributed by atoms with van der Waals surface area (Å²) >= 11 is 0. The zero-order chi connectivity index (χ0) is 19.2. The highest BCUT2D eigenvalue weighted by Crippen LogP contribution is 2.08. The van der Waals surface area contributed by atoms with E-state index in [-0.39, 0.29) is 25.6 Å². The molecule has 0 aromatic heterocycles. The molecule has 0 N–H and O–H groups in total. The minimum atomic E-state index is -0.457. The summed E-state index contributed by atoms with van der Waals surface area (Å²) in [6.07, 6.45) is 0.370. The molecule has 0 atom stereocenters. The third-order valence-corrected chi connectivity index (χ3v) is 3.45. The molecule has 0 aliphatic carbocycles. The highest BCUT2D eigenvalue weighted by Gasteiger charge is 2.05. The SMILES string of the molecule is O=C(COCCOCCOCC(=O)Oc1ccccc1)Cc1ccccc1. The van der Waals surface area contributed by atoms with Crippen LogP contribution < -0.4 is 4.74 Å². The molecule has 2 aromatic rings. The normalized spacial score (nSPS) is 10.5. The van der Waals surface area contributed by atoms with Crippen LogP contribution in [0.3, 0.4) is 0 Å². The zero-order valence-electron chi connectivity index (χ0n) is 15.2. The van der Waals surface area contributed by atoms with Gasteiger partial charge in [-0.3, -0.25) is 4.79 Å². The number of ketones is 1. The number of carbonyl (C=O) groups is 2. The Morgan fingerprint density at radius 3 is 1.89 bits per heavy atom. The molecule has 0 fully saturated rings. The van der Waals surface area contributed by atoms with Gasteiger partial charge in [-0.1, -0.05) is 48.5 Å². The zero-order valence-corrected chi connectivity index (χ0v) is 15.2. The number of hydrogen-bond donors (Lipinski definition) is 0. The van der Waals surface area contributed by atoms with Gasteiger partial charge in [0.15, 0.2) is 5.78 Å². The number of esters is 1. The summed E-state index contributed by atoms with van der Waals surface area (Å²) in [4.78, 5) is 23.3. The Morgan fingerprint density at radius 1 is 0.667 bits per heavy atom. The lowest BCUT2D eigenvalue weighted by atomic mass is 10.1. The third kappa shape index (κ3) is 9.65. The first kappa shape index (κ1) is 20.8. The Morgan fingerprint density at radius 2 is 1.22 bits per heavy atom. The molecule has 0 amide bonds. The Labute approximate surface area is 159 Å². The monoisotopic (exact) mass is 372 g/mol. The van der Waals surface area contributed by atoms with Gasteiger partial charge in [-0.15, -0.1) is 0 Å². The molecule has 0 radical (unpaired) electrons. The van der Waals surface area contributed by atoms with Crippen LogP contribution in [0.25, 0.3) is 0 Å². The number of hydrogen-bond acceptors (Lipinski definition) is 6. The van der Waals surface area contributed by atoms with Crippen LogP contribution in [-0.4, -0.2) is 51.4 Å². The molecule has 0 saturated carbocycles. The van der Waals surface area contributed by atoms with Crippen molar-refractivity contribution in [2.45, 2.75) is 6.42 Å². The predicted molar refractivity (Wildman–Crippen MR) is 99.7 cm³/mol. The second kappa shape index (κ2) is 12.8. The number of ether oxygens (including phenoxy) is 4. The molecule has 6 heteroatoms. The van der Waals surface area contributed by atoms with E-state index in [1.54, 1.807) is 24.3 Å². The van der Waals surface area contributed by atoms with Crippen LogP contribution in [0.15, 0.2) is 60.7 Å². The highest BCUT2D eigenvalue weighted by atomic mass is 16.6. The van der Waals surface area contributed by atoms with Gasteiger partial charge < -0.3 is 18.9 Å². The molecule has 0 saturated heterocycles. The number of Topliss-reactive ketones (excluding diaryl/α,β-unsaturated/α-hetero) is 1. The summed E-state index contributed by atoms with van der Waals surface area (Å²) in [7, 11) is 0. The van der Waals surface area contributed by atoms with Crippen molar-refractivity contribution in [2.24, 2.45) is 0 Å². The van der Waals surface area contributed by atoms with E-state index < -0.39 is 5.97 Å². The van der Waals surface area contributed by atoms with Crippen LogP contribution in [0.1, 0.15) is 5.56 Å². The Hall–Kier alpha value is -2.54. The molecule has 144 valence electrons. The minimum absolute atomic E-state index is 0.0291. The molecular formula is C21H24O6. The lowest BCUT2D eigenvalue weighted by molar-refractivity contribution is -0.140. The van der Waals surface area contributed by atoms with E-state index in [4.69, 9.17) is 18.9 Å². The molecule has 0 bridgehead atoms.